The molecule has 1 atom stereocenters. The van der Waals surface area contributed by atoms with Crippen molar-refractivity contribution >= 4 is 34.0 Å². The number of hydrogen-bond donors (Lipinski definition) is 1. The van der Waals surface area contributed by atoms with Gasteiger partial charge in [0.2, 0.25) is 11.8 Å². The molecule has 1 N–H and O–H groups in total. The summed E-state index contributed by atoms with van der Waals surface area (Å²) < 4.78 is 16.3. The molecule has 1 aromatic heterocycles. The highest BCUT2D eigenvalue weighted by atomic mass is 32.1. The van der Waals surface area contributed by atoms with Crippen molar-refractivity contribution < 1.29 is 23.8 Å². The topological polar surface area (TPSA) is 90.0 Å². The van der Waals surface area contributed by atoms with Crippen molar-refractivity contribution in [1.29, 1.82) is 0 Å². The lowest BCUT2D eigenvalue weighted by molar-refractivity contribution is -0.122. The summed E-state index contributed by atoms with van der Waals surface area (Å²) in [5.41, 5.74) is 2.40. The Morgan fingerprint density at radius 2 is 1.94 bits per heavy atom. The van der Waals surface area contributed by atoms with Crippen molar-refractivity contribution in [2.24, 2.45) is 5.92 Å². The van der Waals surface area contributed by atoms with Gasteiger partial charge in [-0.3, -0.25) is 9.59 Å². The quantitative estimate of drug-likeness (QED) is 0.638. The van der Waals surface area contributed by atoms with E-state index in [9.17, 15) is 9.59 Å². The molecular formula is C23H21N3O5S. The van der Waals surface area contributed by atoms with Crippen LogP contribution >= 0.6 is 11.3 Å². The lowest BCUT2D eigenvalue weighted by Crippen LogP contribution is -2.28. The predicted octanol–water partition coefficient (Wildman–Crippen LogP) is 3.58. The minimum absolute atomic E-state index is 0.0973. The summed E-state index contributed by atoms with van der Waals surface area (Å²) in [6.07, 6.45) is 0.150. The zero-order chi connectivity index (χ0) is 22.1. The first-order valence-corrected chi connectivity index (χ1v) is 11.1. The molecule has 5 rings (SSSR count). The van der Waals surface area contributed by atoms with E-state index in [-0.39, 0.29) is 18.2 Å². The molecule has 3 aromatic rings. The zero-order valence-electron chi connectivity index (χ0n) is 17.4. The van der Waals surface area contributed by atoms with E-state index in [0.29, 0.717) is 42.1 Å². The van der Waals surface area contributed by atoms with E-state index in [0.717, 1.165) is 17.0 Å². The molecule has 0 bridgehead atoms. The Kier molecular flexibility index (Phi) is 5.40. The van der Waals surface area contributed by atoms with Crippen molar-refractivity contribution in [1.82, 2.24) is 4.98 Å². The highest BCUT2D eigenvalue weighted by Gasteiger charge is 2.36. The van der Waals surface area contributed by atoms with Gasteiger partial charge in [0.05, 0.1) is 18.7 Å². The lowest BCUT2D eigenvalue weighted by atomic mass is 10.1. The number of carbonyl (C=O) groups excluding carboxylic acids is 2. The Bertz CT molecular complexity index is 1160. The van der Waals surface area contributed by atoms with Crippen LogP contribution in [0.1, 0.15) is 6.42 Å². The summed E-state index contributed by atoms with van der Waals surface area (Å²) in [6.45, 7) is 1.29. The number of amides is 2. The fraction of sp³-hybridized carbons (Fsp3) is 0.261. The SMILES string of the molecule is COc1ccc(-c2csc(NC(=O)[C@@H]3CC(=O)N(c4ccc5c(c4)OCCO5)C3)n2)cc1. The molecule has 0 aliphatic carbocycles. The van der Waals surface area contributed by atoms with E-state index in [4.69, 9.17) is 14.2 Å². The van der Waals surface area contributed by atoms with Crippen LogP contribution in [0.5, 0.6) is 17.2 Å². The van der Waals surface area contributed by atoms with Gasteiger partial charge in [-0.25, -0.2) is 4.98 Å². The third-order valence-corrected chi connectivity index (χ3v) is 6.21. The van der Waals surface area contributed by atoms with E-state index in [1.165, 1.54) is 11.3 Å². The van der Waals surface area contributed by atoms with E-state index in [1.54, 1.807) is 24.1 Å². The van der Waals surface area contributed by atoms with Crippen molar-refractivity contribution in [2.45, 2.75) is 6.42 Å². The van der Waals surface area contributed by atoms with Crippen LogP contribution in [0.2, 0.25) is 0 Å². The third kappa shape index (κ3) is 3.99. The van der Waals surface area contributed by atoms with E-state index in [2.05, 4.69) is 10.3 Å². The molecule has 1 saturated heterocycles. The van der Waals surface area contributed by atoms with E-state index >= 15 is 0 Å². The van der Waals surface area contributed by atoms with Gasteiger partial charge in [0, 0.05) is 35.7 Å². The van der Waals surface area contributed by atoms with Gasteiger partial charge in [0.25, 0.3) is 0 Å². The minimum atomic E-state index is -0.455. The van der Waals surface area contributed by atoms with Crippen LogP contribution in [-0.4, -0.2) is 43.7 Å². The normalized spacial score (nSPS) is 17.3. The molecule has 164 valence electrons. The van der Waals surface area contributed by atoms with E-state index < -0.39 is 5.92 Å². The van der Waals surface area contributed by atoms with Crippen LogP contribution in [0, 0.1) is 5.92 Å². The summed E-state index contributed by atoms with van der Waals surface area (Å²) in [5.74, 6) is 1.28. The number of rotatable bonds is 5. The first kappa shape index (κ1) is 20.3. The number of benzene rings is 2. The van der Waals surface area contributed by atoms with Crippen LogP contribution in [0.4, 0.5) is 10.8 Å². The molecule has 8 nitrogen and oxygen atoms in total. The number of fused-ring (bicyclic) bond motifs is 1. The average molecular weight is 452 g/mol. The van der Waals surface area contributed by atoms with Crippen LogP contribution in [0.15, 0.2) is 47.8 Å². The molecule has 2 aromatic carbocycles. The van der Waals surface area contributed by atoms with Gasteiger partial charge in [-0.05, 0) is 36.4 Å². The first-order valence-electron chi connectivity index (χ1n) is 10.2. The second-order valence-electron chi connectivity index (χ2n) is 7.49. The van der Waals surface area contributed by atoms with Crippen molar-refractivity contribution in [3.8, 4) is 28.5 Å². The Hall–Kier alpha value is -3.59. The van der Waals surface area contributed by atoms with Crippen LogP contribution in [0.3, 0.4) is 0 Å². The van der Waals surface area contributed by atoms with Crippen LogP contribution in [0.25, 0.3) is 11.3 Å². The molecule has 0 radical (unpaired) electrons. The summed E-state index contributed by atoms with van der Waals surface area (Å²) >= 11 is 1.35. The lowest BCUT2D eigenvalue weighted by Gasteiger charge is -2.22. The maximum absolute atomic E-state index is 12.8. The standard InChI is InChI=1S/C23H21N3O5S/c1-29-17-5-2-14(3-6-17)18-13-32-23(24-18)25-22(28)15-10-21(27)26(12-15)16-4-7-19-20(11-16)31-9-8-30-19/h2-7,11,13,15H,8-10,12H2,1H3,(H,24,25,28)/t15-/m1/s1. The molecule has 3 heterocycles. The number of thiazole rings is 1. The summed E-state index contributed by atoms with van der Waals surface area (Å²) in [4.78, 5) is 31.5. The maximum atomic E-state index is 12.8. The molecular weight excluding hydrogens is 430 g/mol. The van der Waals surface area contributed by atoms with E-state index in [1.807, 2.05) is 35.7 Å². The number of aromatic nitrogens is 1. The maximum Gasteiger partial charge on any atom is 0.231 e. The summed E-state index contributed by atoms with van der Waals surface area (Å²) in [5, 5.41) is 5.25. The number of anilines is 2. The fourth-order valence-electron chi connectivity index (χ4n) is 3.77. The summed E-state index contributed by atoms with van der Waals surface area (Å²) in [7, 11) is 1.62. The third-order valence-electron chi connectivity index (χ3n) is 5.45. The molecule has 2 aliphatic heterocycles. The number of ether oxygens (including phenoxy) is 3. The monoisotopic (exact) mass is 451 g/mol. The van der Waals surface area contributed by atoms with Crippen LogP contribution < -0.4 is 24.4 Å². The Labute approximate surface area is 188 Å². The van der Waals surface area contributed by atoms with Gasteiger partial charge in [0.1, 0.15) is 19.0 Å². The molecule has 0 unspecified atom stereocenters. The summed E-state index contributed by atoms with van der Waals surface area (Å²) in [6, 6.07) is 13.0. The Balaban J connectivity index is 1.25. The molecule has 2 amide bonds. The Morgan fingerprint density at radius 3 is 2.72 bits per heavy atom. The minimum Gasteiger partial charge on any atom is -0.497 e. The molecule has 0 spiro atoms. The zero-order valence-corrected chi connectivity index (χ0v) is 18.2. The first-order chi connectivity index (χ1) is 15.6. The van der Waals surface area contributed by atoms with Gasteiger partial charge in [-0.15, -0.1) is 11.3 Å². The number of carbonyl (C=O) groups is 2. The second-order valence-corrected chi connectivity index (χ2v) is 8.35. The molecule has 9 heteroatoms. The van der Waals surface area contributed by atoms with Crippen molar-refractivity contribution in [3.05, 3.63) is 47.8 Å². The number of nitrogens with zero attached hydrogens (tertiary/aromatic N) is 2. The highest BCUT2D eigenvalue weighted by Crippen LogP contribution is 2.36. The fourth-order valence-corrected chi connectivity index (χ4v) is 4.49. The average Bonchev–Trinajstić information content (AvgIpc) is 3.45. The largest absolute Gasteiger partial charge is 0.497 e. The predicted molar refractivity (Wildman–Crippen MR) is 121 cm³/mol. The number of methoxy groups -OCH3 is 1. The molecule has 1 fully saturated rings. The Morgan fingerprint density at radius 1 is 1.16 bits per heavy atom. The molecule has 32 heavy (non-hydrogen) atoms. The van der Waals surface area contributed by atoms with Crippen molar-refractivity contribution in [2.75, 3.05) is 37.1 Å². The van der Waals surface area contributed by atoms with Gasteiger partial charge < -0.3 is 24.4 Å². The molecule has 0 saturated carbocycles. The van der Waals surface area contributed by atoms with Gasteiger partial charge in [-0.1, -0.05) is 0 Å². The highest BCUT2D eigenvalue weighted by molar-refractivity contribution is 7.14. The van der Waals surface area contributed by atoms with Crippen LogP contribution in [-0.2, 0) is 9.59 Å². The molecule has 2 aliphatic rings. The van der Waals surface area contributed by atoms with Gasteiger partial charge >= 0.3 is 0 Å². The van der Waals surface area contributed by atoms with Crippen molar-refractivity contribution in [3.63, 3.8) is 0 Å². The second kappa shape index (κ2) is 8.51. The number of nitrogens with one attached hydrogen (secondary N) is 1. The smallest absolute Gasteiger partial charge is 0.231 e. The van der Waals surface area contributed by atoms with Gasteiger partial charge in [0.15, 0.2) is 16.6 Å². The number of hydrogen-bond acceptors (Lipinski definition) is 7. The van der Waals surface area contributed by atoms with Gasteiger partial charge in [-0.2, -0.15) is 0 Å².